The van der Waals surface area contributed by atoms with Gasteiger partial charge in [0.2, 0.25) is 0 Å². The van der Waals surface area contributed by atoms with Gasteiger partial charge in [-0.25, -0.2) is 0 Å². The molecule has 0 aliphatic heterocycles. The van der Waals surface area contributed by atoms with Gasteiger partial charge in [-0.3, -0.25) is 4.79 Å². The van der Waals surface area contributed by atoms with Crippen molar-refractivity contribution in [3.8, 4) is 0 Å². The van der Waals surface area contributed by atoms with Crippen LogP contribution in [0.25, 0.3) is 0 Å². The van der Waals surface area contributed by atoms with Gasteiger partial charge in [-0.15, -0.1) is 0 Å². The number of carbonyl (C=O) groups is 1. The summed E-state index contributed by atoms with van der Waals surface area (Å²) in [6.07, 6.45) is 4.28. The van der Waals surface area contributed by atoms with E-state index in [1.54, 1.807) is 0 Å². The third-order valence-corrected chi connectivity index (χ3v) is 3.82. The molecule has 1 aliphatic carbocycles. The van der Waals surface area contributed by atoms with Gasteiger partial charge in [0.1, 0.15) is 0 Å². The summed E-state index contributed by atoms with van der Waals surface area (Å²) in [5.41, 5.74) is 1.20. The molecule has 1 saturated carbocycles. The third-order valence-electron chi connectivity index (χ3n) is 3.57. The first kappa shape index (κ1) is 12.4. The minimum Gasteiger partial charge on any atom is -0.469 e. The van der Waals surface area contributed by atoms with Crippen LogP contribution in [0.3, 0.4) is 0 Å². The van der Waals surface area contributed by atoms with Gasteiger partial charge in [-0.05, 0) is 36.5 Å². The molecule has 0 spiro atoms. The Morgan fingerprint density at radius 1 is 1.24 bits per heavy atom. The van der Waals surface area contributed by atoms with E-state index in [1.165, 1.54) is 19.1 Å². The standard InChI is InChI=1S/C14H17ClO2/c1-17-14(16)13-5-3-2-4-12(13)10-6-8-11(15)9-7-10/h6-9,12-13H,2-5H2,1H3. The topological polar surface area (TPSA) is 26.3 Å². The molecular weight excluding hydrogens is 236 g/mol. The van der Waals surface area contributed by atoms with Gasteiger partial charge in [0.05, 0.1) is 13.0 Å². The molecule has 1 fully saturated rings. The Bertz CT molecular complexity index is 386. The zero-order valence-corrected chi connectivity index (χ0v) is 10.7. The van der Waals surface area contributed by atoms with Crippen molar-refractivity contribution in [1.82, 2.24) is 0 Å². The van der Waals surface area contributed by atoms with Crippen LogP contribution in [0.1, 0.15) is 37.2 Å². The number of halogens is 1. The van der Waals surface area contributed by atoms with E-state index in [0.29, 0.717) is 0 Å². The van der Waals surface area contributed by atoms with Crippen LogP contribution in [0.5, 0.6) is 0 Å². The van der Waals surface area contributed by atoms with Gasteiger partial charge in [0, 0.05) is 5.02 Å². The highest BCUT2D eigenvalue weighted by Gasteiger charge is 2.32. The molecule has 1 aromatic rings. The fourth-order valence-electron chi connectivity index (χ4n) is 2.67. The molecule has 0 N–H and O–H groups in total. The Balaban J connectivity index is 2.21. The number of carbonyl (C=O) groups excluding carboxylic acids is 1. The Kier molecular flexibility index (Phi) is 4.06. The van der Waals surface area contributed by atoms with Crippen LogP contribution < -0.4 is 0 Å². The van der Waals surface area contributed by atoms with Crippen molar-refractivity contribution in [2.75, 3.05) is 7.11 Å². The van der Waals surface area contributed by atoms with E-state index in [4.69, 9.17) is 16.3 Å². The summed E-state index contributed by atoms with van der Waals surface area (Å²) in [4.78, 5) is 11.8. The third kappa shape index (κ3) is 2.81. The zero-order chi connectivity index (χ0) is 12.3. The Hall–Kier alpha value is -1.02. The normalized spacial score (nSPS) is 24.4. The van der Waals surface area contributed by atoms with Crippen molar-refractivity contribution in [3.05, 3.63) is 34.9 Å². The average Bonchev–Trinajstić information content (AvgIpc) is 2.39. The molecule has 2 nitrogen and oxygen atoms in total. The van der Waals surface area contributed by atoms with Crippen LogP contribution in [-0.2, 0) is 9.53 Å². The van der Waals surface area contributed by atoms with E-state index in [1.807, 2.05) is 24.3 Å². The van der Waals surface area contributed by atoms with Crippen LogP contribution >= 0.6 is 11.6 Å². The van der Waals surface area contributed by atoms with Crippen LogP contribution in [0.2, 0.25) is 5.02 Å². The van der Waals surface area contributed by atoms with Gasteiger partial charge in [0.25, 0.3) is 0 Å². The van der Waals surface area contributed by atoms with Gasteiger partial charge in [-0.1, -0.05) is 36.6 Å². The first-order valence-electron chi connectivity index (χ1n) is 6.05. The maximum Gasteiger partial charge on any atom is 0.309 e. The van der Waals surface area contributed by atoms with E-state index in [9.17, 15) is 4.79 Å². The SMILES string of the molecule is COC(=O)C1CCCCC1c1ccc(Cl)cc1. The summed E-state index contributed by atoms with van der Waals surface area (Å²) in [5, 5.41) is 0.735. The first-order valence-corrected chi connectivity index (χ1v) is 6.43. The summed E-state index contributed by atoms with van der Waals surface area (Å²) < 4.78 is 4.90. The molecule has 2 unspecified atom stereocenters. The van der Waals surface area contributed by atoms with E-state index in [-0.39, 0.29) is 17.8 Å². The molecule has 1 aliphatic rings. The van der Waals surface area contributed by atoms with Crippen molar-refractivity contribution in [2.24, 2.45) is 5.92 Å². The number of rotatable bonds is 2. The smallest absolute Gasteiger partial charge is 0.309 e. The lowest BCUT2D eigenvalue weighted by Crippen LogP contribution is -2.26. The number of benzene rings is 1. The van der Waals surface area contributed by atoms with Gasteiger partial charge >= 0.3 is 5.97 Å². The number of hydrogen-bond acceptors (Lipinski definition) is 2. The van der Waals surface area contributed by atoms with E-state index in [2.05, 4.69) is 0 Å². The van der Waals surface area contributed by atoms with Crippen molar-refractivity contribution < 1.29 is 9.53 Å². The molecule has 3 heteroatoms. The fraction of sp³-hybridized carbons (Fsp3) is 0.500. The molecule has 0 saturated heterocycles. The highest BCUT2D eigenvalue weighted by atomic mass is 35.5. The molecule has 0 heterocycles. The van der Waals surface area contributed by atoms with E-state index >= 15 is 0 Å². The number of hydrogen-bond donors (Lipinski definition) is 0. The minimum atomic E-state index is -0.0790. The predicted molar refractivity (Wildman–Crippen MR) is 68.2 cm³/mol. The molecule has 2 rings (SSSR count). The lowest BCUT2D eigenvalue weighted by Gasteiger charge is -2.29. The maximum absolute atomic E-state index is 11.8. The zero-order valence-electron chi connectivity index (χ0n) is 9.99. The lowest BCUT2D eigenvalue weighted by atomic mass is 9.75. The lowest BCUT2D eigenvalue weighted by molar-refractivity contribution is -0.147. The molecular formula is C14H17ClO2. The van der Waals surface area contributed by atoms with Crippen molar-refractivity contribution in [2.45, 2.75) is 31.6 Å². The second kappa shape index (κ2) is 5.54. The molecule has 0 radical (unpaired) electrons. The maximum atomic E-state index is 11.8. The molecule has 0 bridgehead atoms. The van der Waals surface area contributed by atoms with Crippen molar-refractivity contribution in [1.29, 1.82) is 0 Å². The molecule has 2 atom stereocenters. The van der Waals surface area contributed by atoms with Crippen molar-refractivity contribution in [3.63, 3.8) is 0 Å². The molecule has 0 aromatic heterocycles. The fourth-order valence-corrected chi connectivity index (χ4v) is 2.80. The van der Waals surface area contributed by atoms with Crippen LogP contribution in [0.4, 0.5) is 0 Å². The molecule has 92 valence electrons. The van der Waals surface area contributed by atoms with Crippen LogP contribution in [-0.4, -0.2) is 13.1 Å². The number of esters is 1. The van der Waals surface area contributed by atoms with Crippen molar-refractivity contribution >= 4 is 17.6 Å². The Labute approximate surface area is 107 Å². The van der Waals surface area contributed by atoms with E-state index in [0.717, 1.165) is 24.3 Å². The van der Waals surface area contributed by atoms with Gasteiger partial charge in [-0.2, -0.15) is 0 Å². The Morgan fingerprint density at radius 3 is 2.53 bits per heavy atom. The largest absolute Gasteiger partial charge is 0.469 e. The molecule has 0 amide bonds. The second-order valence-electron chi connectivity index (χ2n) is 4.57. The van der Waals surface area contributed by atoms with E-state index < -0.39 is 0 Å². The second-order valence-corrected chi connectivity index (χ2v) is 5.01. The molecule has 1 aromatic carbocycles. The van der Waals surface area contributed by atoms with Crippen LogP contribution in [0, 0.1) is 5.92 Å². The summed E-state index contributed by atoms with van der Waals surface area (Å²) >= 11 is 5.89. The van der Waals surface area contributed by atoms with Gasteiger partial charge in [0.15, 0.2) is 0 Å². The number of ether oxygens (including phenoxy) is 1. The summed E-state index contributed by atoms with van der Waals surface area (Å²) in [7, 11) is 1.47. The summed E-state index contributed by atoms with van der Waals surface area (Å²) in [5.74, 6) is 0.216. The van der Waals surface area contributed by atoms with Crippen LogP contribution in [0.15, 0.2) is 24.3 Å². The molecule has 17 heavy (non-hydrogen) atoms. The highest BCUT2D eigenvalue weighted by molar-refractivity contribution is 6.30. The predicted octanol–water partition coefficient (Wildman–Crippen LogP) is 3.79. The average molecular weight is 253 g/mol. The quantitative estimate of drug-likeness (QED) is 0.749. The Morgan fingerprint density at radius 2 is 1.88 bits per heavy atom. The monoisotopic (exact) mass is 252 g/mol. The number of methoxy groups -OCH3 is 1. The summed E-state index contributed by atoms with van der Waals surface area (Å²) in [6.45, 7) is 0. The van der Waals surface area contributed by atoms with Gasteiger partial charge < -0.3 is 4.74 Å². The highest BCUT2D eigenvalue weighted by Crippen LogP contribution is 2.38. The first-order chi connectivity index (χ1) is 8.22. The summed E-state index contributed by atoms with van der Waals surface area (Å²) in [6, 6.07) is 7.82. The minimum absolute atomic E-state index is 0.00919.